The van der Waals surface area contributed by atoms with Crippen molar-refractivity contribution >= 4 is 11.8 Å². The summed E-state index contributed by atoms with van der Waals surface area (Å²) in [6.45, 7) is 8.47. The Hall–Kier alpha value is -2.66. The van der Waals surface area contributed by atoms with Crippen LogP contribution in [0.25, 0.3) is 0 Å². The number of likely N-dealkylation sites (N-methyl/N-ethyl adjacent to an activating group) is 1. The smallest absolute Gasteiger partial charge is 0.251 e. The van der Waals surface area contributed by atoms with Crippen molar-refractivity contribution in [2.45, 2.75) is 39.3 Å². The van der Waals surface area contributed by atoms with Crippen molar-refractivity contribution in [3.8, 4) is 0 Å². The zero-order valence-electron chi connectivity index (χ0n) is 17.0. The minimum atomic E-state index is -0.240. The molecule has 2 atom stereocenters. The lowest BCUT2D eigenvalue weighted by molar-refractivity contribution is -0.121. The Balaban J connectivity index is 1.89. The predicted molar refractivity (Wildman–Crippen MR) is 113 cm³/mol. The van der Waals surface area contributed by atoms with Crippen LogP contribution in [-0.4, -0.2) is 42.4 Å². The van der Waals surface area contributed by atoms with Crippen molar-refractivity contribution in [3.05, 3.63) is 71.8 Å². The summed E-state index contributed by atoms with van der Waals surface area (Å²) in [6.07, 6.45) is 0.248. The molecule has 0 aliphatic carbocycles. The summed E-state index contributed by atoms with van der Waals surface area (Å²) < 4.78 is 0. The number of nitrogens with one attached hydrogen (secondary N) is 2. The molecule has 2 N–H and O–H groups in total. The molecule has 0 aliphatic heterocycles. The van der Waals surface area contributed by atoms with Gasteiger partial charge >= 0.3 is 0 Å². The highest BCUT2D eigenvalue weighted by atomic mass is 16.2. The third kappa shape index (κ3) is 6.50. The van der Waals surface area contributed by atoms with E-state index >= 15 is 0 Å². The van der Waals surface area contributed by atoms with E-state index in [4.69, 9.17) is 0 Å². The number of carbonyl (C=O) groups is 2. The molecule has 2 amide bonds. The Labute approximate surface area is 168 Å². The minimum absolute atomic E-state index is 0.0612. The molecule has 150 valence electrons. The van der Waals surface area contributed by atoms with Gasteiger partial charge in [0.05, 0.1) is 6.04 Å². The summed E-state index contributed by atoms with van der Waals surface area (Å²) in [4.78, 5) is 27.0. The molecule has 28 heavy (non-hydrogen) atoms. The van der Waals surface area contributed by atoms with Crippen LogP contribution in [-0.2, 0) is 4.79 Å². The Bertz CT molecular complexity index is 730. The molecular weight excluding hydrogens is 350 g/mol. The van der Waals surface area contributed by atoms with E-state index in [0.29, 0.717) is 12.1 Å². The minimum Gasteiger partial charge on any atom is -0.354 e. The fourth-order valence-corrected chi connectivity index (χ4v) is 3.31. The molecule has 2 unspecified atom stereocenters. The molecule has 2 aromatic carbocycles. The number of hydrogen-bond acceptors (Lipinski definition) is 3. The highest BCUT2D eigenvalue weighted by molar-refractivity contribution is 5.94. The maximum atomic E-state index is 12.4. The fourth-order valence-electron chi connectivity index (χ4n) is 3.31. The SMILES string of the molecule is CCN(CC)C(CNC(=O)CC(C)NC(=O)c1ccccc1)c1ccccc1. The largest absolute Gasteiger partial charge is 0.354 e. The van der Waals surface area contributed by atoms with Gasteiger partial charge in [-0.05, 0) is 37.7 Å². The monoisotopic (exact) mass is 381 g/mol. The quantitative estimate of drug-likeness (QED) is 0.663. The second-order valence-corrected chi connectivity index (χ2v) is 6.90. The van der Waals surface area contributed by atoms with Crippen molar-refractivity contribution in [3.63, 3.8) is 0 Å². The van der Waals surface area contributed by atoms with E-state index in [1.165, 1.54) is 5.56 Å². The topological polar surface area (TPSA) is 61.4 Å². The summed E-state index contributed by atoms with van der Waals surface area (Å²) >= 11 is 0. The van der Waals surface area contributed by atoms with Crippen LogP contribution in [0.15, 0.2) is 60.7 Å². The molecule has 0 aromatic heterocycles. The number of nitrogens with zero attached hydrogens (tertiary/aromatic N) is 1. The predicted octanol–water partition coefficient (Wildman–Crippen LogP) is 3.39. The van der Waals surface area contributed by atoms with Crippen LogP contribution in [0.4, 0.5) is 0 Å². The first-order chi connectivity index (χ1) is 13.5. The molecule has 0 heterocycles. The summed E-state index contributed by atoms with van der Waals surface area (Å²) in [5, 5.41) is 5.92. The first-order valence-electron chi connectivity index (χ1n) is 9.96. The zero-order valence-corrected chi connectivity index (χ0v) is 17.0. The van der Waals surface area contributed by atoms with Gasteiger partial charge in [0.25, 0.3) is 5.91 Å². The molecule has 0 aliphatic rings. The number of carbonyl (C=O) groups excluding carboxylic acids is 2. The van der Waals surface area contributed by atoms with Crippen LogP contribution in [0, 0.1) is 0 Å². The second kappa shape index (κ2) is 11.2. The number of benzene rings is 2. The first kappa shape index (κ1) is 21.6. The third-order valence-corrected chi connectivity index (χ3v) is 4.84. The van der Waals surface area contributed by atoms with Crippen LogP contribution < -0.4 is 10.6 Å². The maximum Gasteiger partial charge on any atom is 0.251 e. The van der Waals surface area contributed by atoms with Gasteiger partial charge < -0.3 is 10.6 Å². The van der Waals surface area contributed by atoms with E-state index in [2.05, 4.69) is 41.5 Å². The molecule has 0 fully saturated rings. The van der Waals surface area contributed by atoms with Crippen molar-refractivity contribution in [2.75, 3.05) is 19.6 Å². The van der Waals surface area contributed by atoms with Gasteiger partial charge in [-0.15, -0.1) is 0 Å². The van der Waals surface area contributed by atoms with Crippen molar-refractivity contribution < 1.29 is 9.59 Å². The lowest BCUT2D eigenvalue weighted by Crippen LogP contribution is -2.41. The highest BCUT2D eigenvalue weighted by Gasteiger charge is 2.19. The van der Waals surface area contributed by atoms with Crippen molar-refractivity contribution in [1.29, 1.82) is 0 Å². The highest BCUT2D eigenvalue weighted by Crippen LogP contribution is 2.19. The first-order valence-corrected chi connectivity index (χ1v) is 9.96. The summed E-state index contributed by atoms with van der Waals surface area (Å²) in [7, 11) is 0. The molecule has 5 nitrogen and oxygen atoms in total. The zero-order chi connectivity index (χ0) is 20.4. The van der Waals surface area contributed by atoms with Gasteiger partial charge in [-0.2, -0.15) is 0 Å². The van der Waals surface area contributed by atoms with Gasteiger partial charge in [0.2, 0.25) is 5.91 Å². The fraction of sp³-hybridized carbons (Fsp3) is 0.391. The van der Waals surface area contributed by atoms with Crippen LogP contribution in [0.1, 0.15) is 49.2 Å². The molecule has 0 radical (unpaired) electrons. The third-order valence-electron chi connectivity index (χ3n) is 4.84. The van der Waals surface area contributed by atoms with E-state index in [-0.39, 0.29) is 30.3 Å². The number of hydrogen-bond donors (Lipinski definition) is 2. The van der Waals surface area contributed by atoms with E-state index in [1.807, 2.05) is 43.3 Å². The van der Waals surface area contributed by atoms with Gasteiger partial charge in [0.15, 0.2) is 0 Å². The van der Waals surface area contributed by atoms with Gasteiger partial charge in [-0.1, -0.05) is 62.4 Å². The summed E-state index contributed by atoms with van der Waals surface area (Å²) in [6, 6.07) is 19.2. The van der Waals surface area contributed by atoms with Crippen LogP contribution in [0.2, 0.25) is 0 Å². The number of amides is 2. The van der Waals surface area contributed by atoms with E-state index in [9.17, 15) is 9.59 Å². The average molecular weight is 382 g/mol. The van der Waals surface area contributed by atoms with Gasteiger partial charge in [-0.25, -0.2) is 0 Å². The standard InChI is InChI=1S/C23H31N3O2/c1-4-26(5-2)21(19-12-8-6-9-13-19)17-24-22(27)16-18(3)25-23(28)20-14-10-7-11-15-20/h6-15,18,21H,4-5,16-17H2,1-3H3,(H,24,27)(H,25,28). The van der Waals surface area contributed by atoms with Crippen molar-refractivity contribution in [2.24, 2.45) is 0 Å². The molecule has 0 bridgehead atoms. The van der Waals surface area contributed by atoms with Crippen LogP contribution in [0.5, 0.6) is 0 Å². The molecule has 0 saturated carbocycles. The Morgan fingerprint density at radius 1 is 0.929 bits per heavy atom. The molecule has 0 spiro atoms. The van der Waals surface area contributed by atoms with Gasteiger partial charge in [0, 0.05) is 24.6 Å². The molecule has 2 aromatic rings. The van der Waals surface area contributed by atoms with E-state index < -0.39 is 0 Å². The van der Waals surface area contributed by atoms with E-state index in [1.54, 1.807) is 12.1 Å². The lowest BCUT2D eigenvalue weighted by atomic mass is 10.0. The Morgan fingerprint density at radius 3 is 2.07 bits per heavy atom. The van der Waals surface area contributed by atoms with Gasteiger partial charge in [0.1, 0.15) is 0 Å². The average Bonchev–Trinajstić information content (AvgIpc) is 2.72. The van der Waals surface area contributed by atoms with Crippen LogP contribution in [0.3, 0.4) is 0 Å². The van der Waals surface area contributed by atoms with Crippen LogP contribution >= 0.6 is 0 Å². The maximum absolute atomic E-state index is 12.4. The van der Waals surface area contributed by atoms with Crippen molar-refractivity contribution in [1.82, 2.24) is 15.5 Å². The molecular formula is C23H31N3O2. The Kier molecular flexibility index (Phi) is 8.69. The lowest BCUT2D eigenvalue weighted by Gasteiger charge is -2.30. The number of rotatable bonds is 10. The normalized spacial score (nSPS) is 13.0. The second-order valence-electron chi connectivity index (χ2n) is 6.90. The van der Waals surface area contributed by atoms with Gasteiger partial charge in [-0.3, -0.25) is 14.5 Å². The summed E-state index contributed by atoms with van der Waals surface area (Å²) in [5.74, 6) is -0.222. The molecule has 2 rings (SSSR count). The van der Waals surface area contributed by atoms with E-state index in [0.717, 1.165) is 13.1 Å². The molecule has 0 saturated heterocycles. The summed E-state index contributed by atoms with van der Waals surface area (Å²) in [5.41, 5.74) is 1.79. The molecule has 5 heteroatoms. The Morgan fingerprint density at radius 2 is 1.50 bits per heavy atom.